The van der Waals surface area contributed by atoms with Crippen molar-refractivity contribution in [3.63, 3.8) is 0 Å². The van der Waals surface area contributed by atoms with Crippen molar-refractivity contribution >= 4 is 11.8 Å². The SMILES string of the molecule is CS[C@@H]1O[C@@H]2COC3(CCCCC3)O[C@H]2[C@H](OCc2ccccc2)[C@H]1OCc1ccccc1. The van der Waals surface area contributed by atoms with Crippen LogP contribution in [0.5, 0.6) is 0 Å². The minimum atomic E-state index is -0.507. The smallest absolute Gasteiger partial charge is 0.169 e. The number of thioether (sulfide) groups is 1. The molecule has 2 aliphatic heterocycles. The predicted molar refractivity (Wildman–Crippen MR) is 129 cm³/mol. The summed E-state index contributed by atoms with van der Waals surface area (Å²) < 4.78 is 32.6. The molecule has 2 aromatic carbocycles. The molecule has 6 heteroatoms. The van der Waals surface area contributed by atoms with Gasteiger partial charge in [-0.25, -0.2) is 0 Å². The Morgan fingerprint density at radius 3 is 2.06 bits per heavy atom. The topological polar surface area (TPSA) is 46.2 Å². The van der Waals surface area contributed by atoms with Crippen LogP contribution in [0.3, 0.4) is 0 Å². The Morgan fingerprint density at radius 1 is 0.848 bits per heavy atom. The quantitative estimate of drug-likeness (QED) is 0.546. The summed E-state index contributed by atoms with van der Waals surface area (Å²) in [7, 11) is 0. The van der Waals surface area contributed by atoms with Crippen LogP contribution < -0.4 is 0 Å². The second-order valence-electron chi connectivity index (χ2n) is 9.17. The third kappa shape index (κ3) is 5.47. The average Bonchev–Trinajstić information content (AvgIpc) is 2.88. The molecule has 0 amide bonds. The van der Waals surface area contributed by atoms with Gasteiger partial charge in [0.2, 0.25) is 0 Å². The number of fused-ring (bicyclic) bond motifs is 1. The molecule has 1 saturated carbocycles. The van der Waals surface area contributed by atoms with E-state index in [9.17, 15) is 0 Å². The summed E-state index contributed by atoms with van der Waals surface area (Å²) in [4.78, 5) is 0. The fourth-order valence-electron chi connectivity index (χ4n) is 5.11. The number of ether oxygens (including phenoxy) is 5. The lowest BCUT2D eigenvalue weighted by molar-refractivity contribution is -0.375. The molecule has 0 bridgehead atoms. The second-order valence-corrected chi connectivity index (χ2v) is 10.1. The monoisotopic (exact) mass is 470 g/mol. The van der Waals surface area contributed by atoms with Gasteiger partial charge in [0.05, 0.1) is 19.8 Å². The van der Waals surface area contributed by atoms with E-state index < -0.39 is 5.79 Å². The molecule has 0 radical (unpaired) electrons. The zero-order valence-corrected chi connectivity index (χ0v) is 20.1. The lowest BCUT2D eigenvalue weighted by Crippen LogP contribution is -2.66. The van der Waals surface area contributed by atoms with Gasteiger partial charge >= 0.3 is 0 Å². The molecule has 5 rings (SSSR count). The highest BCUT2D eigenvalue weighted by Gasteiger charge is 2.54. The van der Waals surface area contributed by atoms with Gasteiger partial charge in [0, 0.05) is 12.8 Å². The average molecular weight is 471 g/mol. The first-order chi connectivity index (χ1) is 16.3. The predicted octanol–water partition coefficient (Wildman–Crippen LogP) is 5.32. The molecular weight excluding hydrogens is 436 g/mol. The van der Waals surface area contributed by atoms with Gasteiger partial charge in [-0.2, -0.15) is 0 Å². The van der Waals surface area contributed by atoms with E-state index >= 15 is 0 Å². The first-order valence-electron chi connectivity index (χ1n) is 12.1. The van der Waals surface area contributed by atoms with Crippen LogP contribution >= 0.6 is 11.8 Å². The van der Waals surface area contributed by atoms with Crippen molar-refractivity contribution in [2.24, 2.45) is 0 Å². The summed E-state index contributed by atoms with van der Waals surface area (Å²) in [6.45, 7) is 1.56. The standard InChI is InChI=1S/C27H34O5S/c1-33-26-25(29-18-21-13-7-3-8-14-21)24(28-17-20-11-5-2-6-12-20)23-22(31-26)19-30-27(32-23)15-9-4-10-16-27/h2-3,5-8,11-14,22-26H,4,9-10,15-19H2,1H3/t22-,23-,24+,25-,26+/m1/s1. The summed E-state index contributed by atoms with van der Waals surface area (Å²) in [6, 6.07) is 20.6. The molecule has 3 fully saturated rings. The Hall–Kier alpha value is -1.41. The summed E-state index contributed by atoms with van der Waals surface area (Å²) in [5.41, 5.74) is 2.13. The Kier molecular flexibility index (Phi) is 7.70. The van der Waals surface area contributed by atoms with Gasteiger partial charge in [-0.15, -0.1) is 11.8 Å². The molecule has 3 aliphatic rings. The molecule has 2 aromatic rings. The maximum Gasteiger partial charge on any atom is 0.169 e. The molecule has 0 N–H and O–H groups in total. The van der Waals surface area contributed by atoms with Gasteiger partial charge in [-0.05, 0) is 30.2 Å². The first kappa shape index (κ1) is 23.3. The molecule has 2 heterocycles. The summed E-state index contributed by atoms with van der Waals surface area (Å²) in [5.74, 6) is -0.507. The van der Waals surface area contributed by atoms with Gasteiger partial charge < -0.3 is 23.7 Å². The van der Waals surface area contributed by atoms with E-state index in [0.29, 0.717) is 19.8 Å². The number of rotatable bonds is 7. The Bertz CT molecular complexity index is 857. The summed E-state index contributed by atoms with van der Waals surface area (Å²) in [5, 5.41) is 0. The largest absolute Gasteiger partial charge is 0.368 e. The molecule has 5 atom stereocenters. The molecular formula is C27H34O5S. The maximum absolute atomic E-state index is 6.73. The van der Waals surface area contributed by atoms with Crippen LogP contribution in [0.4, 0.5) is 0 Å². The molecule has 1 spiro atoms. The lowest BCUT2D eigenvalue weighted by Gasteiger charge is -2.53. The van der Waals surface area contributed by atoms with Gasteiger partial charge in [0.15, 0.2) is 5.79 Å². The van der Waals surface area contributed by atoms with Crippen molar-refractivity contribution in [1.29, 1.82) is 0 Å². The zero-order valence-electron chi connectivity index (χ0n) is 19.3. The zero-order chi connectivity index (χ0) is 22.5. The molecule has 2 saturated heterocycles. The minimum Gasteiger partial charge on any atom is -0.368 e. The van der Waals surface area contributed by atoms with Crippen LogP contribution in [0.25, 0.3) is 0 Å². The van der Waals surface area contributed by atoms with Crippen LogP contribution in [-0.4, -0.2) is 48.5 Å². The highest BCUT2D eigenvalue weighted by Crippen LogP contribution is 2.43. The normalized spacial score (nSPS) is 31.2. The number of hydrogen-bond donors (Lipinski definition) is 0. The van der Waals surface area contributed by atoms with E-state index in [2.05, 4.69) is 30.5 Å². The van der Waals surface area contributed by atoms with Gasteiger partial charge in [0.25, 0.3) is 0 Å². The highest BCUT2D eigenvalue weighted by atomic mass is 32.2. The van der Waals surface area contributed by atoms with Crippen LogP contribution in [0.1, 0.15) is 43.2 Å². The van der Waals surface area contributed by atoms with Crippen molar-refractivity contribution in [2.75, 3.05) is 12.9 Å². The molecule has 0 aromatic heterocycles. The summed E-state index contributed by atoms with van der Waals surface area (Å²) >= 11 is 1.66. The van der Waals surface area contributed by atoms with E-state index in [4.69, 9.17) is 23.7 Å². The molecule has 5 nitrogen and oxygen atoms in total. The van der Waals surface area contributed by atoms with E-state index in [0.717, 1.165) is 36.8 Å². The van der Waals surface area contributed by atoms with Crippen molar-refractivity contribution in [1.82, 2.24) is 0 Å². The molecule has 178 valence electrons. The molecule has 1 aliphatic carbocycles. The minimum absolute atomic E-state index is 0.150. The lowest BCUT2D eigenvalue weighted by atomic mass is 9.90. The first-order valence-corrected chi connectivity index (χ1v) is 13.4. The van der Waals surface area contributed by atoms with Crippen molar-refractivity contribution in [3.05, 3.63) is 71.8 Å². The van der Waals surface area contributed by atoms with Crippen molar-refractivity contribution in [3.8, 4) is 0 Å². The fourth-order valence-corrected chi connectivity index (χ4v) is 5.87. The Labute approximate surface area is 201 Å². The van der Waals surface area contributed by atoms with E-state index in [1.807, 2.05) is 36.4 Å². The Morgan fingerprint density at radius 2 is 1.45 bits per heavy atom. The van der Waals surface area contributed by atoms with Gasteiger partial charge in [0.1, 0.15) is 29.9 Å². The molecule has 33 heavy (non-hydrogen) atoms. The third-order valence-corrected chi connectivity index (χ3v) is 7.71. The van der Waals surface area contributed by atoms with E-state index in [1.54, 1.807) is 11.8 Å². The van der Waals surface area contributed by atoms with Crippen LogP contribution in [0, 0.1) is 0 Å². The van der Waals surface area contributed by atoms with Gasteiger partial charge in [-0.3, -0.25) is 0 Å². The second kappa shape index (κ2) is 10.9. The number of hydrogen-bond acceptors (Lipinski definition) is 6. The van der Waals surface area contributed by atoms with Gasteiger partial charge in [-0.1, -0.05) is 67.1 Å². The van der Waals surface area contributed by atoms with Crippen LogP contribution in [-0.2, 0) is 36.9 Å². The fraction of sp³-hybridized carbons (Fsp3) is 0.556. The van der Waals surface area contributed by atoms with Crippen LogP contribution in [0.15, 0.2) is 60.7 Å². The van der Waals surface area contributed by atoms with E-state index in [1.165, 1.54) is 6.42 Å². The maximum atomic E-state index is 6.73. The van der Waals surface area contributed by atoms with Crippen molar-refractivity contribution in [2.45, 2.75) is 81.0 Å². The summed E-state index contributed by atoms with van der Waals surface area (Å²) in [6.07, 6.45) is 6.57. The van der Waals surface area contributed by atoms with Crippen molar-refractivity contribution < 1.29 is 23.7 Å². The Balaban J connectivity index is 1.38. The van der Waals surface area contributed by atoms with Crippen LogP contribution in [0.2, 0.25) is 0 Å². The van der Waals surface area contributed by atoms with E-state index in [-0.39, 0.29) is 29.9 Å². The molecule has 0 unspecified atom stereocenters. The third-order valence-electron chi connectivity index (χ3n) is 6.87. The number of benzene rings is 2. The highest BCUT2D eigenvalue weighted by molar-refractivity contribution is 7.99.